The van der Waals surface area contributed by atoms with Crippen LogP contribution in [0.3, 0.4) is 0 Å². The van der Waals surface area contributed by atoms with Crippen LogP contribution in [0.2, 0.25) is 0 Å². The van der Waals surface area contributed by atoms with Crippen molar-refractivity contribution in [3.05, 3.63) is 107 Å². The monoisotopic (exact) mass is 402 g/mol. The number of benzene rings is 3. The fourth-order valence-corrected chi connectivity index (χ4v) is 3.49. The van der Waals surface area contributed by atoms with Crippen LogP contribution in [0.4, 0.5) is 4.39 Å². The number of halogens is 1. The minimum atomic E-state index is -0.364. The molecule has 1 aliphatic rings. The Morgan fingerprint density at radius 2 is 1.73 bits per heavy atom. The molecule has 0 aliphatic carbocycles. The third kappa shape index (κ3) is 4.74. The number of hydrogen-bond acceptors (Lipinski definition) is 3. The lowest BCUT2D eigenvalue weighted by Gasteiger charge is -2.25. The molecule has 0 saturated carbocycles. The minimum Gasteiger partial charge on any atom is -0.390 e. The van der Waals surface area contributed by atoms with Crippen LogP contribution in [0.5, 0.6) is 0 Å². The largest absolute Gasteiger partial charge is 0.390 e. The summed E-state index contributed by atoms with van der Waals surface area (Å²) < 4.78 is 13.3. The fourth-order valence-electron chi connectivity index (χ4n) is 3.49. The molecule has 3 aromatic carbocycles. The van der Waals surface area contributed by atoms with Gasteiger partial charge in [0.25, 0.3) is 5.91 Å². The van der Waals surface area contributed by atoms with Crippen LogP contribution in [0.15, 0.2) is 84.0 Å². The summed E-state index contributed by atoms with van der Waals surface area (Å²) in [4.78, 5) is 20.5. The Bertz CT molecular complexity index is 1030. The molecule has 1 amide bonds. The van der Waals surface area contributed by atoms with Gasteiger partial charge in [-0.2, -0.15) is 0 Å². The number of rotatable bonds is 6. The highest BCUT2D eigenvalue weighted by molar-refractivity contribution is 6.01. The van der Waals surface area contributed by atoms with Gasteiger partial charge in [-0.25, -0.2) is 4.39 Å². The van der Waals surface area contributed by atoms with E-state index in [1.165, 1.54) is 29.8 Å². The van der Waals surface area contributed by atoms with Gasteiger partial charge in [-0.1, -0.05) is 65.3 Å². The van der Waals surface area contributed by atoms with E-state index >= 15 is 0 Å². The predicted octanol–water partition coefficient (Wildman–Crippen LogP) is 4.97. The van der Waals surface area contributed by atoms with Gasteiger partial charge in [0.15, 0.2) is 6.10 Å². The number of nitrogens with zero attached hydrogens (tertiary/aromatic N) is 2. The van der Waals surface area contributed by atoms with Gasteiger partial charge in [-0.3, -0.25) is 4.79 Å². The standard InChI is InChI=1S/C25H23FN2O2/c1-18-7-9-20(10-8-18)24-15-23(30-27-24)17-28(16-19-5-3-2-4-6-19)25(29)21-11-13-22(26)14-12-21/h2-14,23H,15-17H2,1H3/t23-/m0/s1. The molecule has 0 saturated heterocycles. The number of hydrogen-bond donors (Lipinski definition) is 0. The first-order valence-electron chi connectivity index (χ1n) is 9.97. The highest BCUT2D eigenvalue weighted by atomic mass is 19.1. The molecule has 30 heavy (non-hydrogen) atoms. The molecule has 0 fully saturated rings. The second-order valence-electron chi connectivity index (χ2n) is 7.51. The lowest BCUT2D eigenvalue weighted by molar-refractivity contribution is 0.0405. The Labute approximate surface area is 175 Å². The number of aryl methyl sites for hydroxylation is 1. The van der Waals surface area contributed by atoms with Crippen molar-refractivity contribution in [1.29, 1.82) is 0 Å². The molecule has 1 atom stereocenters. The fraction of sp³-hybridized carbons (Fsp3) is 0.200. The van der Waals surface area contributed by atoms with E-state index in [0.717, 1.165) is 16.8 Å². The molecule has 5 heteroatoms. The molecule has 4 nitrogen and oxygen atoms in total. The van der Waals surface area contributed by atoms with Crippen LogP contribution < -0.4 is 0 Å². The number of carbonyl (C=O) groups is 1. The molecule has 0 aromatic heterocycles. The summed E-state index contributed by atoms with van der Waals surface area (Å²) in [5.74, 6) is -0.525. The quantitative estimate of drug-likeness (QED) is 0.584. The van der Waals surface area contributed by atoms with Crippen LogP contribution in [-0.4, -0.2) is 29.2 Å². The van der Waals surface area contributed by atoms with E-state index in [0.29, 0.717) is 25.1 Å². The van der Waals surface area contributed by atoms with Crippen molar-refractivity contribution in [2.75, 3.05) is 6.54 Å². The normalized spacial score (nSPS) is 15.4. The van der Waals surface area contributed by atoms with Crippen molar-refractivity contribution < 1.29 is 14.0 Å². The number of oxime groups is 1. The van der Waals surface area contributed by atoms with E-state index in [-0.39, 0.29) is 17.8 Å². The summed E-state index contributed by atoms with van der Waals surface area (Å²) in [5.41, 5.74) is 4.57. The molecular weight excluding hydrogens is 379 g/mol. The van der Waals surface area contributed by atoms with Crippen LogP contribution in [0.25, 0.3) is 0 Å². The van der Waals surface area contributed by atoms with E-state index in [4.69, 9.17) is 4.84 Å². The molecule has 0 unspecified atom stereocenters. The molecular formula is C25H23FN2O2. The van der Waals surface area contributed by atoms with Gasteiger partial charge < -0.3 is 9.74 Å². The van der Waals surface area contributed by atoms with Gasteiger partial charge in [-0.15, -0.1) is 0 Å². The van der Waals surface area contributed by atoms with Gasteiger partial charge in [0.05, 0.1) is 12.3 Å². The molecule has 3 aromatic rings. The van der Waals surface area contributed by atoms with Gasteiger partial charge >= 0.3 is 0 Å². The Kier molecular flexibility index (Phi) is 5.89. The van der Waals surface area contributed by atoms with Gasteiger partial charge in [0.2, 0.25) is 0 Å². The van der Waals surface area contributed by atoms with Crippen molar-refractivity contribution >= 4 is 11.6 Å². The highest BCUT2D eigenvalue weighted by Gasteiger charge is 2.27. The molecule has 0 spiro atoms. The summed E-state index contributed by atoms with van der Waals surface area (Å²) in [6, 6.07) is 23.6. The van der Waals surface area contributed by atoms with Crippen molar-refractivity contribution in [1.82, 2.24) is 4.90 Å². The molecule has 1 aliphatic heterocycles. The van der Waals surface area contributed by atoms with Crippen molar-refractivity contribution in [2.24, 2.45) is 5.16 Å². The number of amides is 1. The highest BCUT2D eigenvalue weighted by Crippen LogP contribution is 2.20. The lowest BCUT2D eigenvalue weighted by Crippen LogP contribution is -2.37. The zero-order valence-electron chi connectivity index (χ0n) is 16.8. The Morgan fingerprint density at radius 3 is 2.43 bits per heavy atom. The molecule has 4 rings (SSSR count). The molecule has 152 valence electrons. The summed E-state index contributed by atoms with van der Waals surface area (Å²) >= 11 is 0. The first-order chi connectivity index (χ1) is 14.6. The van der Waals surface area contributed by atoms with Gasteiger partial charge in [-0.05, 0) is 42.3 Å². The lowest BCUT2D eigenvalue weighted by atomic mass is 10.0. The third-order valence-electron chi connectivity index (χ3n) is 5.14. The molecule has 0 N–H and O–H groups in total. The van der Waals surface area contributed by atoms with E-state index in [2.05, 4.69) is 5.16 Å². The zero-order valence-corrected chi connectivity index (χ0v) is 16.8. The molecule has 0 radical (unpaired) electrons. The van der Waals surface area contributed by atoms with E-state index in [1.807, 2.05) is 61.5 Å². The smallest absolute Gasteiger partial charge is 0.254 e. The second kappa shape index (κ2) is 8.91. The SMILES string of the molecule is Cc1ccc(C2=NO[C@H](CN(Cc3ccccc3)C(=O)c3ccc(F)cc3)C2)cc1. The van der Waals surface area contributed by atoms with Crippen molar-refractivity contribution in [3.8, 4) is 0 Å². The number of carbonyl (C=O) groups excluding carboxylic acids is 1. The summed E-state index contributed by atoms with van der Waals surface area (Å²) in [6.07, 6.45) is 0.403. The third-order valence-corrected chi connectivity index (χ3v) is 5.14. The van der Waals surface area contributed by atoms with E-state index < -0.39 is 0 Å². The Hall–Kier alpha value is -3.47. The average molecular weight is 402 g/mol. The maximum atomic E-state index is 13.3. The summed E-state index contributed by atoms with van der Waals surface area (Å²) in [7, 11) is 0. The van der Waals surface area contributed by atoms with Gasteiger partial charge in [0, 0.05) is 18.5 Å². The first kappa shape index (κ1) is 19.8. The maximum absolute atomic E-state index is 13.3. The Balaban J connectivity index is 1.49. The van der Waals surface area contributed by atoms with Crippen LogP contribution in [-0.2, 0) is 11.4 Å². The average Bonchev–Trinajstić information content (AvgIpc) is 3.23. The topological polar surface area (TPSA) is 41.9 Å². The zero-order chi connectivity index (χ0) is 20.9. The van der Waals surface area contributed by atoms with Crippen LogP contribution in [0.1, 0.15) is 33.5 Å². The summed E-state index contributed by atoms with van der Waals surface area (Å²) in [5, 5.41) is 4.25. The van der Waals surface area contributed by atoms with Crippen molar-refractivity contribution in [2.45, 2.75) is 26.0 Å². The maximum Gasteiger partial charge on any atom is 0.254 e. The Morgan fingerprint density at radius 1 is 1.03 bits per heavy atom. The second-order valence-corrected chi connectivity index (χ2v) is 7.51. The predicted molar refractivity (Wildman–Crippen MR) is 115 cm³/mol. The summed E-state index contributed by atoms with van der Waals surface area (Å²) in [6.45, 7) is 2.88. The molecule has 0 bridgehead atoms. The molecule has 1 heterocycles. The van der Waals surface area contributed by atoms with E-state index in [9.17, 15) is 9.18 Å². The van der Waals surface area contributed by atoms with Crippen molar-refractivity contribution in [3.63, 3.8) is 0 Å². The first-order valence-corrected chi connectivity index (χ1v) is 9.97. The van der Waals surface area contributed by atoms with Gasteiger partial charge in [0.1, 0.15) is 5.82 Å². The van der Waals surface area contributed by atoms with Crippen LogP contribution in [0, 0.1) is 12.7 Å². The van der Waals surface area contributed by atoms with Crippen LogP contribution >= 0.6 is 0 Å². The minimum absolute atomic E-state index is 0.161. The van der Waals surface area contributed by atoms with E-state index in [1.54, 1.807) is 4.90 Å².